The Bertz CT molecular complexity index is 666. The molecule has 2 N–H and O–H groups in total. The van der Waals surface area contributed by atoms with Crippen LogP contribution in [0.4, 0.5) is 0 Å². The molecule has 146 valence electrons. The molecule has 1 aromatic carbocycles. The minimum absolute atomic E-state index is 0.225. The van der Waals surface area contributed by atoms with Gasteiger partial charge in [0.25, 0.3) is 0 Å². The van der Waals surface area contributed by atoms with Gasteiger partial charge >= 0.3 is 5.97 Å². The van der Waals surface area contributed by atoms with Gasteiger partial charge in [-0.05, 0) is 58.9 Å². The van der Waals surface area contributed by atoms with Gasteiger partial charge in [-0.3, -0.25) is 0 Å². The summed E-state index contributed by atoms with van der Waals surface area (Å²) in [4.78, 5) is 12.4. The van der Waals surface area contributed by atoms with E-state index in [4.69, 9.17) is 0 Å². The molecule has 26 heavy (non-hydrogen) atoms. The maximum Gasteiger partial charge on any atom is 0.332 e. The number of carbonyl (C=O) groups is 1. The van der Waals surface area contributed by atoms with E-state index in [0.717, 1.165) is 48.8 Å². The topological polar surface area (TPSA) is 57.5 Å². The Morgan fingerprint density at radius 2 is 1.50 bits per heavy atom. The largest absolute Gasteiger partial charge is 0.508 e. The summed E-state index contributed by atoms with van der Waals surface area (Å²) in [5, 5.41) is 20.1. The molecule has 0 unspecified atom stereocenters. The van der Waals surface area contributed by atoms with E-state index in [0.29, 0.717) is 5.57 Å². The van der Waals surface area contributed by atoms with Crippen molar-refractivity contribution in [2.75, 3.05) is 0 Å². The molecule has 0 bridgehead atoms. The van der Waals surface area contributed by atoms with Gasteiger partial charge in [-0.25, -0.2) is 4.79 Å². The molecule has 3 nitrogen and oxygen atoms in total. The van der Waals surface area contributed by atoms with Crippen molar-refractivity contribution in [2.45, 2.75) is 80.6 Å². The first kappa shape index (κ1) is 22.3. The number of allylic oxidation sites excluding steroid dienone is 1. The maximum atomic E-state index is 12.4. The van der Waals surface area contributed by atoms with Crippen molar-refractivity contribution >= 4 is 11.5 Å². The Balaban J connectivity index is 3.94. The highest BCUT2D eigenvalue weighted by Crippen LogP contribution is 2.48. The molecule has 1 aromatic rings. The van der Waals surface area contributed by atoms with E-state index < -0.39 is 11.4 Å². The van der Waals surface area contributed by atoms with Crippen LogP contribution in [-0.4, -0.2) is 16.2 Å². The second-order valence-electron chi connectivity index (χ2n) is 8.52. The van der Waals surface area contributed by atoms with Crippen molar-refractivity contribution in [2.24, 2.45) is 10.8 Å². The molecule has 0 aliphatic rings. The first-order valence-corrected chi connectivity index (χ1v) is 9.82. The fraction of sp³-hybridized carbons (Fsp3) is 0.609. The van der Waals surface area contributed by atoms with Crippen molar-refractivity contribution in [1.29, 1.82) is 0 Å². The van der Waals surface area contributed by atoms with Crippen LogP contribution in [0.15, 0.2) is 23.8 Å². The smallest absolute Gasteiger partial charge is 0.332 e. The maximum absolute atomic E-state index is 12.4. The predicted octanol–water partition coefficient (Wildman–Crippen LogP) is 6.45. The summed E-state index contributed by atoms with van der Waals surface area (Å²) in [5.74, 6) is -0.610. The second-order valence-corrected chi connectivity index (χ2v) is 8.52. The Hall–Kier alpha value is -1.77. The van der Waals surface area contributed by atoms with Gasteiger partial charge in [0.1, 0.15) is 5.75 Å². The van der Waals surface area contributed by atoms with Crippen LogP contribution >= 0.6 is 0 Å². The van der Waals surface area contributed by atoms with Gasteiger partial charge in [0.15, 0.2) is 0 Å². The van der Waals surface area contributed by atoms with Crippen LogP contribution < -0.4 is 0 Å². The number of carboxylic acid groups (broad SMARTS) is 1. The summed E-state index contributed by atoms with van der Waals surface area (Å²) in [6, 6.07) is 5.33. The van der Waals surface area contributed by atoms with Crippen molar-refractivity contribution < 1.29 is 15.0 Å². The number of phenolic OH excluding ortho intramolecular Hbond substituents is 1. The Kier molecular flexibility index (Phi) is 7.49. The molecular weight excluding hydrogens is 324 g/mol. The lowest BCUT2D eigenvalue weighted by Crippen LogP contribution is -2.28. The predicted molar refractivity (Wildman–Crippen MR) is 109 cm³/mol. The molecule has 0 saturated carbocycles. The fourth-order valence-corrected chi connectivity index (χ4v) is 4.19. The molecule has 1 rings (SSSR count). The van der Waals surface area contributed by atoms with Gasteiger partial charge in [-0.1, -0.05) is 67.4 Å². The van der Waals surface area contributed by atoms with E-state index in [1.807, 2.05) is 26.8 Å². The summed E-state index contributed by atoms with van der Waals surface area (Å²) < 4.78 is 0. The van der Waals surface area contributed by atoms with Gasteiger partial charge in [0.2, 0.25) is 0 Å². The highest BCUT2D eigenvalue weighted by Gasteiger charge is 2.37. The molecule has 0 aliphatic heterocycles. The SMILES string of the molecule is CCCC(C)(C)C(C(=O)O)=C(c1ccc(O)cc1CC)C(C)(C)CCC. The van der Waals surface area contributed by atoms with Crippen LogP contribution in [0.25, 0.3) is 5.57 Å². The molecule has 0 fully saturated rings. The van der Waals surface area contributed by atoms with Gasteiger partial charge in [-0.15, -0.1) is 0 Å². The van der Waals surface area contributed by atoms with Gasteiger partial charge in [-0.2, -0.15) is 0 Å². The molecule has 0 amide bonds. The third-order valence-electron chi connectivity index (χ3n) is 5.31. The summed E-state index contributed by atoms with van der Waals surface area (Å²) in [5.41, 5.74) is 2.69. The van der Waals surface area contributed by atoms with Crippen LogP contribution in [0.2, 0.25) is 0 Å². The van der Waals surface area contributed by atoms with Crippen LogP contribution in [0.5, 0.6) is 5.75 Å². The van der Waals surface area contributed by atoms with E-state index in [9.17, 15) is 15.0 Å². The van der Waals surface area contributed by atoms with E-state index in [-0.39, 0.29) is 11.2 Å². The average molecular weight is 361 g/mol. The van der Waals surface area contributed by atoms with Crippen molar-refractivity contribution in [3.8, 4) is 5.75 Å². The molecule has 0 aromatic heterocycles. The molecule has 0 aliphatic carbocycles. The number of aryl methyl sites for hydroxylation is 1. The van der Waals surface area contributed by atoms with Crippen molar-refractivity contribution in [1.82, 2.24) is 0 Å². The normalized spacial score (nSPS) is 13.5. The number of benzene rings is 1. The average Bonchev–Trinajstić information content (AvgIpc) is 2.51. The van der Waals surface area contributed by atoms with Crippen LogP contribution in [0.1, 0.15) is 85.3 Å². The molecule has 0 heterocycles. The quantitative estimate of drug-likeness (QED) is 0.498. The number of carboxylic acids is 1. The van der Waals surface area contributed by atoms with Gasteiger partial charge < -0.3 is 10.2 Å². The number of rotatable bonds is 9. The minimum Gasteiger partial charge on any atom is -0.508 e. The van der Waals surface area contributed by atoms with Crippen LogP contribution in [0, 0.1) is 10.8 Å². The third kappa shape index (κ3) is 4.90. The first-order chi connectivity index (χ1) is 12.0. The highest BCUT2D eigenvalue weighted by atomic mass is 16.4. The summed E-state index contributed by atoms with van der Waals surface area (Å²) in [6.45, 7) is 14.6. The minimum atomic E-state index is -0.835. The lowest BCUT2D eigenvalue weighted by atomic mass is 9.67. The van der Waals surface area contributed by atoms with E-state index in [1.165, 1.54) is 0 Å². The zero-order valence-corrected chi connectivity index (χ0v) is 17.6. The number of hydrogen-bond donors (Lipinski definition) is 2. The zero-order chi connectivity index (χ0) is 20.1. The van der Waals surface area contributed by atoms with Crippen molar-refractivity contribution in [3.05, 3.63) is 34.9 Å². The van der Waals surface area contributed by atoms with Crippen molar-refractivity contribution in [3.63, 3.8) is 0 Å². The molecular formula is C23H36O3. The lowest BCUT2D eigenvalue weighted by Gasteiger charge is -2.36. The van der Waals surface area contributed by atoms with Crippen LogP contribution in [0.3, 0.4) is 0 Å². The van der Waals surface area contributed by atoms with E-state index in [2.05, 4.69) is 27.7 Å². The summed E-state index contributed by atoms with van der Waals surface area (Å²) >= 11 is 0. The zero-order valence-electron chi connectivity index (χ0n) is 17.6. The fourth-order valence-electron chi connectivity index (χ4n) is 4.19. The number of aromatic hydroxyl groups is 1. The number of aliphatic carboxylic acids is 1. The monoisotopic (exact) mass is 360 g/mol. The second kappa shape index (κ2) is 8.75. The summed E-state index contributed by atoms with van der Waals surface area (Å²) in [7, 11) is 0. The highest BCUT2D eigenvalue weighted by molar-refractivity contribution is 5.99. The van der Waals surface area contributed by atoms with Gasteiger partial charge in [0.05, 0.1) is 0 Å². The molecule has 0 saturated heterocycles. The molecule has 0 radical (unpaired) electrons. The summed E-state index contributed by atoms with van der Waals surface area (Å²) in [6.07, 6.45) is 4.39. The van der Waals surface area contributed by atoms with E-state index in [1.54, 1.807) is 12.1 Å². The molecule has 0 atom stereocenters. The third-order valence-corrected chi connectivity index (χ3v) is 5.31. The standard InChI is InChI=1S/C23H36O3/c1-8-13-22(4,5)19(18-12-11-17(24)15-16(18)10-3)20(21(25)26)23(6,7)14-9-2/h11-12,15,24H,8-10,13-14H2,1-7H3,(H,25,26). The van der Waals surface area contributed by atoms with Gasteiger partial charge in [0, 0.05) is 5.57 Å². The van der Waals surface area contributed by atoms with Crippen LogP contribution in [-0.2, 0) is 11.2 Å². The lowest BCUT2D eigenvalue weighted by molar-refractivity contribution is -0.133. The Morgan fingerprint density at radius 1 is 0.962 bits per heavy atom. The molecule has 3 heteroatoms. The Labute approximate surface area is 159 Å². The number of hydrogen-bond acceptors (Lipinski definition) is 2. The Morgan fingerprint density at radius 3 is 1.96 bits per heavy atom. The first-order valence-electron chi connectivity index (χ1n) is 9.82. The molecule has 0 spiro atoms. The number of phenols is 1. The van der Waals surface area contributed by atoms with E-state index >= 15 is 0 Å².